The fourth-order valence-corrected chi connectivity index (χ4v) is 6.81. The van der Waals surface area contributed by atoms with Crippen LogP contribution in [0.2, 0.25) is 0 Å². The van der Waals surface area contributed by atoms with Gasteiger partial charge in [0.15, 0.2) is 11.5 Å². The molecule has 3 aromatic rings. The number of benzene rings is 2. The highest BCUT2D eigenvalue weighted by Gasteiger charge is 2.37. The van der Waals surface area contributed by atoms with Gasteiger partial charge in [0.2, 0.25) is 11.7 Å². The molecular formula is C33H37F3N6O10S3. The molecule has 2 N–H and O–H groups in total. The van der Waals surface area contributed by atoms with Crippen LogP contribution in [-0.4, -0.2) is 109 Å². The summed E-state index contributed by atoms with van der Waals surface area (Å²) in [5, 5.41) is 5.29. The molecule has 1 aliphatic carbocycles. The van der Waals surface area contributed by atoms with Crippen LogP contribution < -0.4 is 23.2 Å². The second-order valence-corrected chi connectivity index (χ2v) is 17.8. The smallest absolute Gasteiger partial charge is 0.380 e. The monoisotopic (exact) mass is 830 g/mol. The van der Waals surface area contributed by atoms with E-state index in [0.29, 0.717) is 57.0 Å². The molecule has 55 heavy (non-hydrogen) atoms. The van der Waals surface area contributed by atoms with Crippen LogP contribution in [0.3, 0.4) is 0 Å². The molecule has 2 aliphatic rings. The topological polar surface area (TPSA) is 203 Å². The molecule has 0 radical (unpaired) electrons. The summed E-state index contributed by atoms with van der Waals surface area (Å²) in [6, 6.07) is 3.22. The lowest BCUT2D eigenvalue weighted by molar-refractivity contribution is -0.138. The first-order valence-corrected chi connectivity index (χ1v) is 21.8. The maximum atomic E-state index is 14.4. The van der Waals surface area contributed by atoms with Gasteiger partial charge in [0.05, 0.1) is 35.5 Å². The number of carbonyl (C=O) groups is 1. The molecule has 0 bridgehead atoms. The van der Waals surface area contributed by atoms with Crippen molar-refractivity contribution in [1.29, 1.82) is 0 Å². The number of amides is 1. The number of nitrogens with one attached hydrogen (secondary N) is 2. The number of carbonyl (C=O) groups excluding carboxylic acids is 1. The predicted octanol–water partition coefficient (Wildman–Crippen LogP) is 2.79. The number of rotatable bonds is 12. The lowest BCUT2D eigenvalue weighted by Crippen LogP contribution is -2.44. The quantitative estimate of drug-likeness (QED) is 0.199. The Morgan fingerprint density at radius 1 is 0.873 bits per heavy atom. The van der Waals surface area contributed by atoms with Gasteiger partial charge >= 0.3 is 36.5 Å². The Labute approximate surface area is 316 Å². The number of hydrogen-bond donors (Lipinski definition) is 2. The van der Waals surface area contributed by atoms with Gasteiger partial charge in [-0.3, -0.25) is 9.69 Å². The number of nitrogens with zero attached hydrogens (tertiary/aromatic N) is 4. The Morgan fingerprint density at radius 3 is 1.98 bits per heavy atom. The molecule has 22 heteroatoms. The summed E-state index contributed by atoms with van der Waals surface area (Å²) in [5.74, 6) is 1.10. The lowest BCUT2D eigenvalue weighted by atomic mass is 9.99. The van der Waals surface area contributed by atoms with E-state index in [1.54, 1.807) is 0 Å². The van der Waals surface area contributed by atoms with E-state index >= 15 is 0 Å². The molecule has 0 atom stereocenters. The number of anilines is 2. The minimum Gasteiger partial charge on any atom is -0.380 e. The van der Waals surface area contributed by atoms with E-state index in [1.807, 2.05) is 16.8 Å². The molecular weight excluding hydrogens is 794 g/mol. The minimum absolute atomic E-state index is 0.0490. The number of hydrogen-bond acceptors (Lipinski definition) is 15. The zero-order chi connectivity index (χ0) is 40.5. The van der Waals surface area contributed by atoms with Crippen LogP contribution in [0.15, 0.2) is 30.6 Å². The first-order chi connectivity index (χ1) is 25.5. The van der Waals surface area contributed by atoms with Crippen molar-refractivity contribution in [1.82, 2.24) is 19.8 Å². The summed E-state index contributed by atoms with van der Waals surface area (Å²) in [5.41, 5.74) is -3.39. The molecule has 1 saturated heterocycles. The van der Waals surface area contributed by atoms with Crippen molar-refractivity contribution >= 4 is 47.9 Å². The predicted molar refractivity (Wildman–Crippen MR) is 194 cm³/mol. The van der Waals surface area contributed by atoms with E-state index in [-0.39, 0.29) is 29.3 Å². The second kappa shape index (κ2) is 15.8. The highest BCUT2D eigenvalue weighted by atomic mass is 32.2. The molecule has 2 fully saturated rings. The molecule has 1 saturated carbocycles. The molecule has 1 aliphatic heterocycles. The molecule has 0 unspecified atom stereocenters. The van der Waals surface area contributed by atoms with Crippen LogP contribution in [0, 0.1) is 18.8 Å². The van der Waals surface area contributed by atoms with Crippen molar-refractivity contribution in [3.63, 3.8) is 0 Å². The summed E-state index contributed by atoms with van der Waals surface area (Å²) >= 11 is 0. The lowest BCUT2D eigenvalue weighted by Gasteiger charge is -2.33. The highest BCUT2D eigenvalue weighted by molar-refractivity contribution is 7.86. The molecule has 5 rings (SSSR count). The standard InChI is InChI=1S/C33H37F3N6O10S3/c1-20-25(11-6-21-17-37-32(38-18-21)40-23-9-10-23)29(51-54(4,46)47)27(30(52-55(5,48)49)28(20)50-53(3,44)45)31(43)39-24-8-7-22(26(16-24)33(34,35)36)19-42-14-12-41(2)13-15-42/h7-8,16-18,23H,9-10,12-15,19H2,1-5H3,(H,39,43)(H,37,38,40). The zero-order valence-corrected chi connectivity index (χ0v) is 32.6. The first kappa shape index (κ1) is 41.5. The van der Waals surface area contributed by atoms with Crippen molar-refractivity contribution in [2.75, 3.05) is 62.6 Å². The van der Waals surface area contributed by atoms with E-state index in [9.17, 15) is 43.2 Å². The summed E-state index contributed by atoms with van der Waals surface area (Å²) in [6.07, 6.45) is 1.40. The maximum Gasteiger partial charge on any atom is 0.416 e. The number of halogens is 3. The van der Waals surface area contributed by atoms with Gasteiger partial charge in [0.25, 0.3) is 5.91 Å². The maximum absolute atomic E-state index is 14.4. The summed E-state index contributed by atoms with van der Waals surface area (Å²) in [4.78, 5) is 26.4. The van der Waals surface area contributed by atoms with Gasteiger partial charge < -0.3 is 28.1 Å². The highest BCUT2D eigenvalue weighted by Crippen LogP contribution is 2.46. The average molecular weight is 831 g/mol. The van der Waals surface area contributed by atoms with E-state index in [4.69, 9.17) is 12.5 Å². The number of alkyl halides is 3. The van der Waals surface area contributed by atoms with Crippen molar-refractivity contribution in [3.8, 4) is 29.1 Å². The van der Waals surface area contributed by atoms with Gasteiger partial charge in [-0.25, -0.2) is 9.97 Å². The molecule has 2 heterocycles. The van der Waals surface area contributed by atoms with Crippen LogP contribution >= 0.6 is 0 Å². The van der Waals surface area contributed by atoms with Gasteiger partial charge in [0.1, 0.15) is 5.56 Å². The van der Waals surface area contributed by atoms with Crippen molar-refractivity contribution in [2.24, 2.45) is 0 Å². The molecule has 1 aromatic heterocycles. The van der Waals surface area contributed by atoms with Gasteiger partial charge in [-0.1, -0.05) is 17.9 Å². The van der Waals surface area contributed by atoms with Gasteiger partial charge in [-0.15, -0.1) is 0 Å². The fraction of sp³-hybridized carbons (Fsp3) is 0.424. The zero-order valence-electron chi connectivity index (χ0n) is 30.1. The van der Waals surface area contributed by atoms with Crippen LogP contribution in [0.5, 0.6) is 17.2 Å². The summed E-state index contributed by atoms with van der Waals surface area (Å²) in [6.45, 7) is 3.45. The third-order valence-corrected chi connectivity index (χ3v) is 9.50. The summed E-state index contributed by atoms with van der Waals surface area (Å²) in [7, 11) is -11.9. The first-order valence-electron chi connectivity index (χ1n) is 16.4. The fourth-order valence-electron chi connectivity index (χ4n) is 5.38. The van der Waals surface area contributed by atoms with Crippen LogP contribution in [0.25, 0.3) is 0 Å². The molecule has 16 nitrogen and oxygen atoms in total. The molecule has 0 spiro atoms. The van der Waals surface area contributed by atoms with E-state index in [0.717, 1.165) is 31.9 Å². The third-order valence-electron chi connectivity index (χ3n) is 8.09. The number of aromatic nitrogens is 2. The van der Waals surface area contributed by atoms with E-state index in [2.05, 4.69) is 32.4 Å². The second-order valence-electron chi connectivity index (χ2n) is 13.1. The Bertz CT molecular complexity index is 2370. The normalized spacial score (nSPS) is 15.8. The van der Waals surface area contributed by atoms with E-state index < -0.39 is 82.1 Å². The number of likely N-dealkylation sites (N-methyl/N-ethyl adjacent to an activating group) is 1. The molecule has 2 aromatic carbocycles. The minimum atomic E-state index is -4.88. The Kier molecular flexibility index (Phi) is 11.9. The van der Waals surface area contributed by atoms with Crippen LogP contribution in [0.4, 0.5) is 24.8 Å². The number of piperazine rings is 1. The van der Waals surface area contributed by atoms with E-state index in [1.165, 1.54) is 12.4 Å². The van der Waals surface area contributed by atoms with Crippen molar-refractivity contribution in [3.05, 3.63) is 64.0 Å². The SMILES string of the molecule is Cc1c(C#Cc2cnc(NC3CC3)nc2)c(OS(C)(=O)=O)c(C(=O)Nc2ccc(CN3CCN(C)CC3)c(C(F)(F)F)c2)c(OS(C)(=O)=O)c1OS(C)(=O)=O. The largest absolute Gasteiger partial charge is 0.416 e. The third kappa shape index (κ3) is 11.7. The average Bonchev–Trinajstić information content (AvgIpc) is 3.87. The summed E-state index contributed by atoms with van der Waals surface area (Å²) < 4.78 is 134. The van der Waals surface area contributed by atoms with Gasteiger partial charge in [0, 0.05) is 62.4 Å². The molecule has 1 amide bonds. The molecule has 298 valence electrons. The Hall–Kier alpha value is -4.69. The van der Waals surface area contributed by atoms with Crippen molar-refractivity contribution in [2.45, 2.75) is 38.5 Å². The van der Waals surface area contributed by atoms with Gasteiger partial charge in [-0.05, 0) is 44.5 Å². The van der Waals surface area contributed by atoms with Crippen molar-refractivity contribution < 1.29 is 55.8 Å². The van der Waals surface area contributed by atoms with Gasteiger partial charge in [-0.2, -0.15) is 38.4 Å². The van der Waals surface area contributed by atoms with Crippen LogP contribution in [0.1, 0.15) is 51.0 Å². The Morgan fingerprint density at radius 2 is 1.44 bits per heavy atom. The van der Waals surface area contributed by atoms with Crippen LogP contribution in [-0.2, 0) is 43.1 Å². The Balaban J connectivity index is 1.68.